The standard InChI is InChI=1S/C16H11N7O/c1-24-12-4-2-11(3-5-12)23-9-22-15-14(20-8-21-16(15)23)13(19)10(6-17)7-18/h2-5,8-9H,19H2,1H3. The molecule has 0 amide bonds. The molecule has 0 aliphatic heterocycles. The summed E-state index contributed by atoms with van der Waals surface area (Å²) in [4.78, 5) is 12.6. The molecular weight excluding hydrogens is 306 g/mol. The van der Waals surface area contributed by atoms with E-state index in [1.807, 2.05) is 24.3 Å². The minimum atomic E-state index is -0.214. The molecule has 0 unspecified atom stereocenters. The van der Waals surface area contributed by atoms with Gasteiger partial charge in [0.25, 0.3) is 0 Å². The van der Waals surface area contributed by atoms with Crippen molar-refractivity contribution < 1.29 is 4.74 Å². The summed E-state index contributed by atoms with van der Waals surface area (Å²) in [7, 11) is 1.60. The van der Waals surface area contributed by atoms with Crippen LogP contribution >= 0.6 is 0 Å². The van der Waals surface area contributed by atoms with Crippen molar-refractivity contribution >= 4 is 16.9 Å². The van der Waals surface area contributed by atoms with Crippen molar-refractivity contribution in [3.8, 4) is 23.6 Å². The van der Waals surface area contributed by atoms with E-state index in [9.17, 15) is 0 Å². The second-order valence-electron chi connectivity index (χ2n) is 4.72. The molecule has 1 aromatic carbocycles. The molecule has 116 valence electrons. The molecule has 0 saturated heterocycles. The molecule has 2 N–H and O–H groups in total. The van der Waals surface area contributed by atoms with Crippen LogP contribution in [0.15, 0.2) is 42.5 Å². The lowest BCUT2D eigenvalue weighted by atomic mass is 10.2. The van der Waals surface area contributed by atoms with Gasteiger partial charge < -0.3 is 10.5 Å². The molecule has 8 nitrogen and oxygen atoms in total. The van der Waals surface area contributed by atoms with Crippen LogP contribution in [0, 0.1) is 22.7 Å². The van der Waals surface area contributed by atoms with Crippen molar-refractivity contribution in [2.75, 3.05) is 7.11 Å². The number of hydrogen-bond donors (Lipinski definition) is 1. The van der Waals surface area contributed by atoms with Gasteiger partial charge in [0.15, 0.2) is 11.2 Å². The molecule has 0 bridgehead atoms. The SMILES string of the molecule is COc1ccc(-n2cnc3c(C(N)=C(C#N)C#N)ncnc32)cc1. The number of nitriles is 2. The summed E-state index contributed by atoms with van der Waals surface area (Å²) in [5.74, 6) is 0.735. The lowest BCUT2D eigenvalue weighted by molar-refractivity contribution is 0.415. The Kier molecular flexibility index (Phi) is 3.79. The number of aromatic nitrogens is 4. The van der Waals surface area contributed by atoms with E-state index in [2.05, 4.69) is 15.0 Å². The number of benzene rings is 1. The number of nitrogens with two attached hydrogens (primary N) is 1. The molecule has 0 spiro atoms. The summed E-state index contributed by atoms with van der Waals surface area (Å²) in [6, 6.07) is 10.9. The molecule has 2 aromatic heterocycles. The van der Waals surface area contributed by atoms with Crippen molar-refractivity contribution in [1.82, 2.24) is 19.5 Å². The van der Waals surface area contributed by atoms with Crippen molar-refractivity contribution in [1.29, 1.82) is 10.5 Å². The molecule has 0 fully saturated rings. The van der Waals surface area contributed by atoms with E-state index >= 15 is 0 Å². The van der Waals surface area contributed by atoms with Gasteiger partial charge in [0.05, 0.1) is 12.8 Å². The fourth-order valence-corrected chi connectivity index (χ4v) is 2.23. The molecule has 3 rings (SSSR count). The smallest absolute Gasteiger partial charge is 0.168 e. The summed E-state index contributed by atoms with van der Waals surface area (Å²) >= 11 is 0. The first kappa shape index (κ1) is 15.0. The predicted octanol–water partition coefficient (Wildman–Crippen LogP) is 1.54. The van der Waals surface area contributed by atoms with E-state index in [1.165, 1.54) is 6.33 Å². The Morgan fingerprint density at radius 2 is 1.83 bits per heavy atom. The number of allylic oxidation sites excluding steroid dienone is 1. The average molecular weight is 317 g/mol. The highest BCUT2D eigenvalue weighted by molar-refractivity contribution is 5.87. The monoisotopic (exact) mass is 317 g/mol. The largest absolute Gasteiger partial charge is 0.497 e. The molecule has 0 aliphatic carbocycles. The molecular formula is C16H11N7O. The first-order valence-electron chi connectivity index (χ1n) is 6.82. The molecule has 0 radical (unpaired) electrons. The van der Waals surface area contributed by atoms with Gasteiger partial charge in [-0.2, -0.15) is 10.5 Å². The molecule has 0 aliphatic rings. The van der Waals surface area contributed by atoms with Crippen LogP contribution < -0.4 is 10.5 Å². The van der Waals surface area contributed by atoms with E-state index in [-0.39, 0.29) is 17.0 Å². The Morgan fingerprint density at radius 3 is 2.46 bits per heavy atom. The van der Waals surface area contributed by atoms with E-state index in [4.69, 9.17) is 21.0 Å². The lowest BCUT2D eigenvalue weighted by Crippen LogP contribution is -2.04. The zero-order valence-electron chi connectivity index (χ0n) is 12.6. The highest BCUT2D eigenvalue weighted by atomic mass is 16.5. The summed E-state index contributed by atoms with van der Waals surface area (Å²) in [5, 5.41) is 17.9. The average Bonchev–Trinajstić information content (AvgIpc) is 3.06. The van der Waals surface area contributed by atoms with E-state index in [1.54, 1.807) is 30.1 Å². The number of ether oxygens (including phenoxy) is 1. The predicted molar refractivity (Wildman–Crippen MR) is 85.5 cm³/mol. The minimum absolute atomic E-state index is 0.0209. The van der Waals surface area contributed by atoms with Gasteiger partial charge in [-0.1, -0.05) is 0 Å². The van der Waals surface area contributed by atoms with Crippen LogP contribution in [0.5, 0.6) is 5.75 Å². The van der Waals surface area contributed by atoms with E-state index in [0.29, 0.717) is 11.2 Å². The van der Waals surface area contributed by atoms with Gasteiger partial charge in [-0.3, -0.25) is 4.57 Å². The zero-order valence-corrected chi connectivity index (χ0v) is 12.6. The van der Waals surface area contributed by atoms with Gasteiger partial charge in [-0.25, -0.2) is 15.0 Å². The number of fused-ring (bicyclic) bond motifs is 1. The number of imidazole rings is 1. The Morgan fingerprint density at radius 1 is 1.12 bits per heavy atom. The van der Waals surface area contributed by atoms with Crippen molar-refractivity contribution in [2.24, 2.45) is 5.73 Å². The fourth-order valence-electron chi connectivity index (χ4n) is 2.23. The molecule has 24 heavy (non-hydrogen) atoms. The second kappa shape index (κ2) is 6.07. The number of nitrogens with zero attached hydrogens (tertiary/aromatic N) is 6. The lowest BCUT2D eigenvalue weighted by Gasteiger charge is -2.06. The van der Waals surface area contributed by atoms with Crippen LogP contribution in [-0.4, -0.2) is 26.6 Å². The maximum Gasteiger partial charge on any atom is 0.168 e. The zero-order chi connectivity index (χ0) is 17.1. The van der Waals surface area contributed by atoms with Gasteiger partial charge in [0.1, 0.15) is 41.8 Å². The van der Waals surface area contributed by atoms with Crippen molar-refractivity contribution in [3.63, 3.8) is 0 Å². The minimum Gasteiger partial charge on any atom is -0.497 e. The molecule has 0 atom stereocenters. The van der Waals surface area contributed by atoms with Gasteiger partial charge in [0.2, 0.25) is 0 Å². The fraction of sp³-hybridized carbons (Fsp3) is 0.0625. The van der Waals surface area contributed by atoms with Gasteiger partial charge >= 0.3 is 0 Å². The number of rotatable bonds is 3. The van der Waals surface area contributed by atoms with Crippen LogP contribution in [0.4, 0.5) is 0 Å². The van der Waals surface area contributed by atoms with Crippen molar-refractivity contribution in [3.05, 3.63) is 48.2 Å². The van der Waals surface area contributed by atoms with Crippen LogP contribution in [0.2, 0.25) is 0 Å². The van der Waals surface area contributed by atoms with Crippen LogP contribution in [0.3, 0.4) is 0 Å². The van der Waals surface area contributed by atoms with Gasteiger partial charge in [-0.05, 0) is 24.3 Å². The van der Waals surface area contributed by atoms with Crippen LogP contribution in [0.1, 0.15) is 5.69 Å². The van der Waals surface area contributed by atoms with Gasteiger partial charge in [-0.15, -0.1) is 0 Å². The first-order valence-corrected chi connectivity index (χ1v) is 6.82. The van der Waals surface area contributed by atoms with Crippen molar-refractivity contribution in [2.45, 2.75) is 0 Å². The summed E-state index contributed by atoms with van der Waals surface area (Å²) in [6.07, 6.45) is 2.90. The maximum atomic E-state index is 8.97. The summed E-state index contributed by atoms with van der Waals surface area (Å²) < 4.78 is 6.90. The van der Waals surface area contributed by atoms with Gasteiger partial charge in [0, 0.05) is 5.69 Å². The molecule has 3 aromatic rings. The number of methoxy groups -OCH3 is 1. The third-order valence-electron chi connectivity index (χ3n) is 3.43. The topological polar surface area (TPSA) is 126 Å². The highest BCUT2D eigenvalue weighted by Gasteiger charge is 2.15. The number of hydrogen-bond acceptors (Lipinski definition) is 7. The molecule has 2 heterocycles. The second-order valence-corrected chi connectivity index (χ2v) is 4.72. The summed E-state index contributed by atoms with van der Waals surface area (Å²) in [6.45, 7) is 0. The quantitative estimate of drug-likeness (QED) is 0.726. The molecule has 8 heteroatoms. The Bertz CT molecular complexity index is 1000. The Hall–Kier alpha value is -3.91. The third kappa shape index (κ3) is 2.38. The first-order chi connectivity index (χ1) is 11.7. The normalized spacial score (nSPS) is 9.96. The Balaban J connectivity index is 2.18. The highest BCUT2D eigenvalue weighted by Crippen LogP contribution is 2.23. The Labute approximate surface area is 137 Å². The molecule has 0 saturated carbocycles. The summed E-state index contributed by atoms with van der Waals surface area (Å²) in [5.41, 5.74) is 7.66. The van der Waals surface area contributed by atoms with E-state index < -0.39 is 0 Å². The van der Waals surface area contributed by atoms with Crippen LogP contribution in [-0.2, 0) is 0 Å². The van der Waals surface area contributed by atoms with Crippen LogP contribution in [0.25, 0.3) is 22.5 Å². The maximum absolute atomic E-state index is 8.97. The van der Waals surface area contributed by atoms with E-state index in [0.717, 1.165) is 11.4 Å². The third-order valence-corrected chi connectivity index (χ3v) is 3.43.